The largest absolute Gasteiger partial charge is 0.496 e. The third-order valence-corrected chi connectivity index (χ3v) is 5.57. The van der Waals surface area contributed by atoms with E-state index in [0.29, 0.717) is 17.0 Å². The molecule has 3 aromatic carbocycles. The monoisotopic (exact) mass is 446 g/mol. The summed E-state index contributed by atoms with van der Waals surface area (Å²) in [7, 11) is 4.81. The number of methoxy groups -OCH3 is 2. The van der Waals surface area contributed by atoms with Crippen molar-refractivity contribution < 1.29 is 14.2 Å². The molecular weight excluding hydrogens is 420 g/mol. The Morgan fingerprint density at radius 2 is 1.55 bits per heavy atom. The van der Waals surface area contributed by atoms with Crippen LogP contribution in [-0.4, -0.2) is 34.0 Å². The molecule has 4 rings (SSSR count). The van der Waals surface area contributed by atoms with Crippen LogP contribution in [0.25, 0.3) is 16.8 Å². The van der Waals surface area contributed by atoms with Crippen molar-refractivity contribution in [2.75, 3.05) is 14.2 Å². The fourth-order valence-electron chi connectivity index (χ4n) is 3.81. The predicted octanol–water partition coefficient (Wildman–Crippen LogP) is 3.85. The number of aryl methyl sites for hydroxylation is 3. The molecule has 0 saturated heterocycles. The van der Waals surface area contributed by atoms with Crippen LogP contribution in [0.4, 0.5) is 0 Å². The average Bonchev–Trinajstić information content (AvgIpc) is 3.17. The highest BCUT2D eigenvalue weighted by molar-refractivity contribution is 5.74. The summed E-state index contributed by atoms with van der Waals surface area (Å²) < 4.78 is 19.7. The van der Waals surface area contributed by atoms with E-state index in [1.807, 2.05) is 50.2 Å². The third-order valence-electron chi connectivity index (χ3n) is 5.57. The molecule has 0 N–H and O–H groups in total. The molecule has 0 saturated carbocycles. The first-order chi connectivity index (χ1) is 15.9. The van der Waals surface area contributed by atoms with Gasteiger partial charge in [0, 0.05) is 12.6 Å². The molecule has 8 heteroatoms. The van der Waals surface area contributed by atoms with E-state index in [4.69, 9.17) is 14.2 Å². The van der Waals surface area contributed by atoms with Crippen molar-refractivity contribution in [2.24, 2.45) is 7.05 Å². The Bertz CT molecular complexity index is 1360. The molecule has 0 spiro atoms. The summed E-state index contributed by atoms with van der Waals surface area (Å²) in [6, 6.07) is 17.5. The highest BCUT2D eigenvalue weighted by Gasteiger charge is 2.17. The maximum atomic E-state index is 12.4. The molecule has 0 aliphatic carbocycles. The van der Waals surface area contributed by atoms with Crippen LogP contribution < -0.4 is 19.9 Å². The molecule has 4 aromatic rings. The summed E-state index contributed by atoms with van der Waals surface area (Å²) in [5.41, 5.74) is 5.07. The summed E-state index contributed by atoms with van der Waals surface area (Å²) >= 11 is 0. The van der Waals surface area contributed by atoms with Crippen LogP contribution in [-0.2, 0) is 13.7 Å². The number of tetrazole rings is 1. The Labute approximate surface area is 191 Å². The topological polar surface area (TPSA) is 80.4 Å². The highest BCUT2D eigenvalue weighted by Crippen LogP contribution is 2.36. The lowest BCUT2D eigenvalue weighted by atomic mass is 9.97. The van der Waals surface area contributed by atoms with Crippen LogP contribution in [0.15, 0.2) is 59.4 Å². The van der Waals surface area contributed by atoms with Crippen LogP contribution in [0.3, 0.4) is 0 Å². The van der Waals surface area contributed by atoms with Gasteiger partial charge in [-0.1, -0.05) is 24.3 Å². The zero-order valence-corrected chi connectivity index (χ0v) is 19.3. The van der Waals surface area contributed by atoms with Gasteiger partial charge in [-0.2, -0.15) is 9.36 Å². The standard InChI is InChI=1S/C25H26N4O4/c1-16-14-24(17(2)13-19(16)18-9-6-7-11-22(18)31-4)33-15-20-21(10-8-12-23(20)32-5)29-25(30)28(3)26-27-29/h6-14H,15H2,1-5H3. The van der Waals surface area contributed by atoms with Gasteiger partial charge in [-0.25, -0.2) is 4.79 Å². The SMILES string of the molecule is COc1ccccc1-c1cc(C)c(OCc2c(OC)cccc2-n2nnn(C)c2=O)cc1C. The Hall–Kier alpha value is -4.07. The molecule has 1 aromatic heterocycles. The molecular formula is C25H26N4O4. The van der Waals surface area contributed by atoms with Gasteiger partial charge in [0.05, 0.1) is 25.5 Å². The van der Waals surface area contributed by atoms with E-state index in [9.17, 15) is 4.79 Å². The van der Waals surface area contributed by atoms with Crippen molar-refractivity contribution in [3.63, 3.8) is 0 Å². The Kier molecular flexibility index (Phi) is 6.17. The molecule has 0 radical (unpaired) electrons. The summed E-state index contributed by atoms with van der Waals surface area (Å²) in [6.07, 6.45) is 0. The van der Waals surface area contributed by atoms with E-state index in [2.05, 4.69) is 16.5 Å². The third kappa shape index (κ3) is 4.19. The lowest BCUT2D eigenvalue weighted by molar-refractivity contribution is 0.294. The smallest absolute Gasteiger partial charge is 0.368 e. The second-order valence-electron chi connectivity index (χ2n) is 7.68. The van der Waals surface area contributed by atoms with E-state index in [1.165, 1.54) is 9.36 Å². The predicted molar refractivity (Wildman–Crippen MR) is 125 cm³/mol. The van der Waals surface area contributed by atoms with Gasteiger partial charge in [-0.05, 0) is 71.3 Å². The first-order valence-electron chi connectivity index (χ1n) is 10.5. The van der Waals surface area contributed by atoms with Crippen LogP contribution >= 0.6 is 0 Å². The van der Waals surface area contributed by atoms with Gasteiger partial charge >= 0.3 is 5.69 Å². The van der Waals surface area contributed by atoms with Gasteiger partial charge in [0.25, 0.3) is 0 Å². The molecule has 8 nitrogen and oxygen atoms in total. The second kappa shape index (κ2) is 9.20. The maximum absolute atomic E-state index is 12.4. The molecule has 0 unspecified atom stereocenters. The van der Waals surface area contributed by atoms with Gasteiger partial charge in [-0.15, -0.1) is 0 Å². The Balaban J connectivity index is 1.69. The molecule has 170 valence electrons. The van der Waals surface area contributed by atoms with E-state index in [1.54, 1.807) is 33.4 Å². The van der Waals surface area contributed by atoms with Crippen molar-refractivity contribution in [1.29, 1.82) is 0 Å². The summed E-state index contributed by atoms with van der Waals surface area (Å²) in [6.45, 7) is 4.24. The van der Waals surface area contributed by atoms with Crippen LogP contribution in [0.2, 0.25) is 0 Å². The summed E-state index contributed by atoms with van der Waals surface area (Å²) in [5.74, 6) is 2.17. The normalized spacial score (nSPS) is 10.8. The number of rotatable bonds is 7. The van der Waals surface area contributed by atoms with Crippen molar-refractivity contribution in [2.45, 2.75) is 20.5 Å². The minimum atomic E-state index is -0.349. The maximum Gasteiger partial charge on any atom is 0.368 e. The molecule has 0 fully saturated rings. The first-order valence-corrected chi connectivity index (χ1v) is 10.5. The quantitative estimate of drug-likeness (QED) is 0.429. The van der Waals surface area contributed by atoms with E-state index < -0.39 is 0 Å². The van der Waals surface area contributed by atoms with Gasteiger partial charge in [0.1, 0.15) is 23.9 Å². The first kappa shape index (κ1) is 22.1. The van der Waals surface area contributed by atoms with Crippen LogP contribution in [0.1, 0.15) is 16.7 Å². The van der Waals surface area contributed by atoms with Crippen LogP contribution in [0.5, 0.6) is 17.2 Å². The number of aromatic nitrogens is 4. The van der Waals surface area contributed by atoms with Crippen molar-refractivity contribution in [3.8, 4) is 34.1 Å². The highest BCUT2D eigenvalue weighted by atomic mass is 16.5. The number of hydrogen-bond acceptors (Lipinski definition) is 6. The van der Waals surface area contributed by atoms with E-state index in [0.717, 1.165) is 33.8 Å². The van der Waals surface area contributed by atoms with Gasteiger partial charge in [0.15, 0.2) is 0 Å². The van der Waals surface area contributed by atoms with Gasteiger partial charge < -0.3 is 14.2 Å². The lowest BCUT2D eigenvalue weighted by Gasteiger charge is -2.17. The number of nitrogens with zero attached hydrogens (tertiary/aromatic N) is 4. The molecule has 0 aliphatic heterocycles. The zero-order valence-electron chi connectivity index (χ0n) is 19.3. The van der Waals surface area contributed by atoms with Crippen molar-refractivity contribution >= 4 is 0 Å². The zero-order chi connectivity index (χ0) is 23.5. The number of para-hydroxylation sites is 1. The van der Waals surface area contributed by atoms with Crippen LogP contribution in [0, 0.1) is 13.8 Å². The molecule has 0 aliphatic rings. The second-order valence-corrected chi connectivity index (χ2v) is 7.68. The summed E-state index contributed by atoms with van der Waals surface area (Å²) in [5, 5.41) is 7.77. The molecule has 0 atom stereocenters. The van der Waals surface area contributed by atoms with Gasteiger partial charge in [-0.3, -0.25) is 0 Å². The Morgan fingerprint density at radius 3 is 2.24 bits per heavy atom. The van der Waals surface area contributed by atoms with Crippen molar-refractivity contribution in [3.05, 3.63) is 81.8 Å². The van der Waals surface area contributed by atoms with Gasteiger partial charge in [0.2, 0.25) is 0 Å². The molecule has 0 bridgehead atoms. The molecule has 33 heavy (non-hydrogen) atoms. The number of ether oxygens (including phenoxy) is 3. The number of benzene rings is 3. The average molecular weight is 447 g/mol. The van der Waals surface area contributed by atoms with Crippen molar-refractivity contribution in [1.82, 2.24) is 19.8 Å². The number of hydrogen-bond donors (Lipinski definition) is 0. The lowest BCUT2D eigenvalue weighted by Crippen LogP contribution is -2.23. The fourth-order valence-corrected chi connectivity index (χ4v) is 3.81. The van der Waals surface area contributed by atoms with E-state index >= 15 is 0 Å². The molecule has 1 heterocycles. The summed E-state index contributed by atoms with van der Waals surface area (Å²) in [4.78, 5) is 12.4. The molecule has 0 amide bonds. The minimum Gasteiger partial charge on any atom is -0.496 e. The minimum absolute atomic E-state index is 0.191. The van der Waals surface area contributed by atoms with E-state index in [-0.39, 0.29) is 12.3 Å². The Morgan fingerprint density at radius 1 is 0.818 bits per heavy atom. The fraction of sp³-hybridized carbons (Fsp3) is 0.240.